The normalized spacial score (nSPS) is 22.4. The van der Waals surface area contributed by atoms with Crippen LogP contribution in [0.1, 0.15) is 77.1 Å². The first kappa shape index (κ1) is 23.0. The molecule has 3 atom stereocenters. The second-order valence-electron chi connectivity index (χ2n) is 10.7. The zero-order valence-electron chi connectivity index (χ0n) is 21.0. The highest BCUT2D eigenvalue weighted by Crippen LogP contribution is 2.47. The lowest BCUT2D eigenvalue weighted by atomic mass is 9.93. The van der Waals surface area contributed by atoms with Gasteiger partial charge in [0, 0.05) is 41.8 Å². The van der Waals surface area contributed by atoms with E-state index in [9.17, 15) is 9.59 Å². The summed E-state index contributed by atoms with van der Waals surface area (Å²) in [6.45, 7) is 2.69. The zero-order chi connectivity index (χ0) is 26.1. The quantitative estimate of drug-likeness (QED) is 0.406. The highest BCUT2D eigenvalue weighted by Gasteiger charge is 2.44. The van der Waals surface area contributed by atoms with E-state index < -0.39 is 5.95 Å². The fourth-order valence-corrected chi connectivity index (χ4v) is 5.79. The van der Waals surface area contributed by atoms with Crippen LogP contribution in [0.4, 0.5) is 4.39 Å². The van der Waals surface area contributed by atoms with Gasteiger partial charge in [-0.3, -0.25) is 9.59 Å². The lowest BCUT2D eigenvalue weighted by molar-refractivity contribution is -0.119. The SMILES string of the molecule is C[C@@H]1c2ccccc2CCN1C(=O)c1cc(C2CC2)n2nc(-c3ccc(C4C[C@H]4C(N)=O)nc3F)cc2n1. The van der Waals surface area contributed by atoms with Gasteiger partial charge in [0.05, 0.1) is 17.3 Å². The van der Waals surface area contributed by atoms with Crippen molar-refractivity contribution in [2.24, 2.45) is 11.7 Å². The number of primary amides is 1. The van der Waals surface area contributed by atoms with Crippen LogP contribution in [0, 0.1) is 11.9 Å². The van der Waals surface area contributed by atoms with Gasteiger partial charge in [-0.1, -0.05) is 24.3 Å². The van der Waals surface area contributed by atoms with Gasteiger partial charge in [0.25, 0.3) is 5.91 Å². The summed E-state index contributed by atoms with van der Waals surface area (Å²) in [5.74, 6) is -1.24. The number of aromatic nitrogens is 4. The van der Waals surface area contributed by atoms with E-state index in [4.69, 9.17) is 5.73 Å². The fraction of sp³-hybridized carbons (Fsp3) is 0.345. The maximum absolute atomic E-state index is 15.1. The van der Waals surface area contributed by atoms with E-state index in [1.165, 1.54) is 11.1 Å². The van der Waals surface area contributed by atoms with E-state index in [-0.39, 0.29) is 35.3 Å². The molecule has 0 spiro atoms. The second kappa shape index (κ2) is 8.44. The Morgan fingerprint density at radius 3 is 2.63 bits per heavy atom. The minimum atomic E-state index is -0.647. The minimum Gasteiger partial charge on any atom is -0.369 e. The number of nitrogens with zero attached hydrogens (tertiary/aromatic N) is 5. The number of pyridine rings is 1. The number of benzene rings is 1. The first-order valence-electron chi connectivity index (χ1n) is 13.1. The van der Waals surface area contributed by atoms with Crippen LogP contribution in [0.2, 0.25) is 0 Å². The largest absolute Gasteiger partial charge is 0.369 e. The number of amides is 2. The van der Waals surface area contributed by atoms with Crippen molar-refractivity contribution in [3.8, 4) is 11.3 Å². The van der Waals surface area contributed by atoms with Crippen molar-refractivity contribution in [3.05, 3.63) is 82.7 Å². The number of carbonyl (C=O) groups excluding carboxylic acids is 2. The summed E-state index contributed by atoms with van der Waals surface area (Å²) in [5, 5.41) is 4.67. The number of fused-ring (bicyclic) bond motifs is 2. The summed E-state index contributed by atoms with van der Waals surface area (Å²) in [7, 11) is 0. The van der Waals surface area contributed by atoms with Crippen molar-refractivity contribution in [2.75, 3.05) is 6.54 Å². The Balaban J connectivity index is 1.23. The Hall–Kier alpha value is -4.14. The molecule has 1 aliphatic heterocycles. The van der Waals surface area contributed by atoms with Crippen molar-refractivity contribution in [2.45, 2.75) is 50.5 Å². The van der Waals surface area contributed by atoms with E-state index in [0.29, 0.717) is 41.6 Å². The van der Waals surface area contributed by atoms with Gasteiger partial charge in [-0.25, -0.2) is 14.5 Å². The van der Waals surface area contributed by atoms with Gasteiger partial charge in [0.15, 0.2) is 5.65 Å². The van der Waals surface area contributed by atoms with Crippen LogP contribution in [-0.4, -0.2) is 42.8 Å². The number of hydrogen-bond donors (Lipinski definition) is 1. The van der Waals surface area contributed by atoms with Gasteiger partial charge in [-0.15, -0.1) is 0 Å². The molecule has 2 fully saturated rings. The third-order valence-electron chi connectivity index (χ3n) is 8.21. The summed E-state index contributed by atoms with van der Waals surface area (Å²) < 4.78 is 16.8. The van der Waals surface area contributed by atoms with Gasteiger partial charge in [-0.05, 0) is 61.9 Å². The summed E-state index contributed by atoms with van der Waals surface area (Å²) in [6, 6.07) is 15.1. The van der Waals surface area contributed by atoms with E-state index in [2.05, 4.69) is 34.1 Å². The first-order chi connectivity index (χ1) is 18.4. The molecule has 0 radical (unpaired) electrons. The summed E-state index contributed by atoms with van der Waals surface area (Å²) >= 11 is 0. The molecule has 3 aliphatic rings. The highest BCUT2D eigenvalue weighted by molar-refractivity contribution is 5.93. The molecule has 2 saturated carbocycles. The summed E-state index contributed by atoms with van der Waals surface area (Å²) in [4.78, 5) is 35.8. The Labute approximate surface area is 218 Å². The highest BCUT2D eigenvalue weighted by atomic mass is 19.1. The molecule has 1 unspecified atom stereocenters. The molecular formula is C29H27FN6O2. The van der Waals surface area contributed by atoms with Crippen LogP contribution in [0.5, 0.6) is 0 Å². The molecule has 7 rings (SSSR count). The molecule has 4 heterocycles. The van der Waals surface area contributed by atoms with Crippen molar-refractivity contribution < 1.29 is 14.0 Å². The molecule has 0 bridgehead atoms. The molecule has 8 nitrogen and oxygen atoms in total. The maximum Gasteiger partial charge on any atom is 0.273 e. The van der Waals surface area contributed by atoms with Crippen LogP contribution in [0.15, 0.2) is 48.5 Å². The smallest absolute Gasteiger partial charge is 0.273 e. The van der Waals surface area contributed by atoms with Crippen molar-refractivity contribution >= 4 is 17.5 Å². The monoisotopic (exact) mass is 510 g/mol. The molecule has 2 amide bonds. The first-order valence-corrected chi connectivity index (χ1v) is 13.1. The number of carbonyl (C=O) groups is 2. The Morgan fingerprint density at radius 1 is 1.08 bits per heavy atom. The van der Waals surface area contributed by atoms with Gasteiger partial charge in [0.2, 0.25) is 11.9 Å². The van der Waals surface area contributed by atoms with E-state index in [1.54, 1.807) is 22.7 Å². The molecule has 192 valence electrons. The number of hydrogen-bond acceptors (Lipinski definition) is 5. The molecule has 4 aromatic rings. The lowest BCUT2D eigenvalue weighted by Crippen LogP contribution is -2.39. The molecule has 2 N–H and O–H groups in total. The summed E-state index contributed by atoms with van der Waals surface area (Å²) in [5.41, 5.74) is 10.8. The third kappa shape index (κ3) is 3.76. The third-order valence-corrected chi connectivity index (χ3v) is 8.21. The van der Waals surface area contributed by atoms with Gasteiger partial charge in [0.1, 0.15) is 5.69 Å². The molecule has 1 aromatic carbocycles. The molecule has 38 heavy (non-hydrogen) atoms. The van der Waals surface area contributed by atoms with Crippen LogP contribution in [-0.2, 0) is 11.2 Å². The summed E-state index contributed by atoms with van der Waals surface area (Å²) in [6.07, 6.45) is 3.44. The molecular weight excluding hydrogens is 483 g/mol. The van der Waals surface area contributed by atoms with Crippen LogP contribution in [0.25, 0.3) is 16.9 Å². The van der Waals surface area contributed by atoms with Crippen LogP contribution < -0.4 is 5.73 Å². The fourth-order valence-electron chi connectivity index (χ4n) is 5.79. The maximum atomic E-state index is 15.1. The topological polar surface area (TPSA) is 106 Å². The van der Waals surface area contributed by atoms with Gasteiger partial charge in [-0.2, -0.15) is 9.49 Å². The van der Waals surface area contributed by atoms with Crippen molar-refractivity contribution in [3.63, 3.8) is 0 Å². The average Bonchev–Trinajstić information content (AvgIpc) is 3.84. The van der Waals surface area contributed by atoms with Gasteiger partial charge >= 0.3 is 0 Å². The van der Waals surface area contributed by atoms with Gasteiger partial charge < -0.3 is 10.6 Å². The molecule has 0 saturated heterocycles. The number of nitrogens with two attached hydrogens (primary N) is 1. The minimum absolute atomic E-state index is 0.0466. The van der Waals surface area contributed by atoms with Crippen LogP contribution >= 0.6 is 0 Å². The molecule has 9 heteroatoms. The molecule has 2 aliphatic carbocycles. The standard InChI is InChI=1S/C29H27FN6O2/c1-15-18-5-3-2-4-16(18)10-11-35(15)29(38)24-13-25(17-6-7-17)36-26(32-24)14-23(34-36)19-8-9-22(33-27(19)30)20-12-21(20)28(31)37/h2-5,8-9,13-15,17,20-21H,6-7,10-12H2,1H3,(H2,31,37)/t15-,20?,21-/m1/s1. The Kier molecular flexibility index (Phi) is 5.11. The van der Waals surface area contributed by atoms with E-state index in [1.807, 2.05) is 23.1 Å². The van der Waals surface area contributed by atoms with E-state index >= 15 is 4.39 Å². The van der Waals surface area contributed by atoms with Crippen molar-refractivity contribution in [1.82, 2.24) is 24.5 Å². The van der Waals surface area contributed by atoms with E-state index in [0.717, 1.165) is 25.0 Å². The molecule has 3 aromatic heterocycles. The second-order valence-corrected chi connectivity index (χ2v) is 10.7. The Bertz CT molecular complexity index is 1630. The number of halogens is 1. The lowest BCUT2D eigenvalue weighted by Gasteiger charge is -2.35. The zero-order valence-corrected chi connectivity index (χ0v) is 21.0. The number of rotatable bonds is 5. The van der Waals surface area contributed by atoms with Crippen molar-refractivity contribution in [1.29, 1.82) is 0 Å². The predicted molar refractivity (Wildman–Crippen MR) is 138 cm³/mol. The Morgan fingerprint density at radius 2 is 1.89 bits per heavy atom. The average molecular weight is 511 g/mol. The van der Waals surface area contributed by atoms with Crippen LogP contribution in [0.3, 0.4) is 0 Å². The predicted octanol–water partition coefficient (Wildman–Crippen LogP) is 4.16.